The third kappa shape index (κ3) is 4.47. The maximum Gasteiger partial charge on any atom is 0.261 e. The second-order valence-electron chi connectivity index (χ2n) is 5.16. The van der Waals surface area contributed by atoms with Crippen LogP contribution in [0.25, 0.3) is 0 Å². The van der Waals surface area contributed by atoms with Gasteiger partial charge in [0.15, 0.2) is 0 Å². The van der Waals surface area contributed by atoms with Crippen LogP contribution in [0.2, 0.25) is 5.02 Å². The zero-order valence-corrected chi connectivity index (χ0v) is 14.3. The van der Waals surface area contributed by atoms with Crippen LogP contribution >= 0.6 is 11.6 Å². The first-order valence-electron chi connectivity index (χ1n) is 7.27. The second kappa shape index (κ2) is 7.49. The molecule has 0 unspecified atom stereocenters. The van der Waals surface area contributed by atoms with Crippen molar-refractivity contribution in [1.82, 2.24) is 0 Å². The molecule has 2 rings (SSSR count). The molecule has 0 aliphatic heterocycles. The van der Waals surface area contributed by atoms with E-state index in [0.717, 1.165) is 24.8 Å². The van der Waals surface area contributed by atoms with Crippen molar-refractivity contribution < 1.29 is 8.42 Å². The summed E-state index contributed by atoms with van der Waals surface area (Å²) in [6.07, 6.45) is 3.12. The van der Waals surface area contributed by atoms with E-state index < -0.39 is 10.0 Å². The van der Waals surface area contributed by atoms with Gasteiger partial charge in [0.1, 0.15) is 6.07 Å². The number of nitrogens with one attached hydrogen (secondary N) is 1. The lowest BCUT2D eigenvalue weighted by atomic mass is 10.1. The Labute approximate surface area is 141 Å². The van der Waals surface area contributed by atoms with E-state index in [0.29, 0.717) is 11.3 Å². The van der Waals surface area contributed by atoms with Crippen molar-refractivity contribution in [3.63, 3.8) is 0 Å². The van der Waals surface area contributed by atoms with E-state index in [1.165, 1.54) is 18.2 Å². The zero-order valence-electron chi connectivity index (χ0n) is 12.7. The molecular formula is C17H17ClN2O2S. The largest absolute Gasteiger partial charge is 0.280 e. The predicted octanol–water partition coefficient (Wildman–Crippen LogP) is 4.36. The van der Waals surface area contributed by atoms with Gasteiger partial charge in [0.25, 0.3) is 10.0 Å². The quantitative estimate of drug-likeness (QED) is 0.843. The molecule has 0 spiro atoms. The van der Waals surface area contributed by atoms with E-state index >= 15 is 0 Å². The lowest BCUT2D eigenvalue weighted by Crippen LogP contribution is -2.13. The molecule has 0 aliphatic rings. The summed E-state index contributed by atoms with van der Waals surface area (Å²) in [4.78, 5) is 0.193. The highest BCUT2D eigenvalue weighted by molar-refractivity contribution is 7.92. The maximum absolute atomic E-state index is 12.4. The maximum atomic E-state index is 12.4. The van der Waals surface area contributed by atoms with Gasteiger partial charge in [-0.15, -0.1) is 0 Å². The number of hydrogen-bond donors (Lipinski definition) is 1. The molecule has 0 aromatic heterocycles. The Hall–Kier alpha value is -2.03. The van der Waals surface area contributed by atoms with Crippen LogP contribution in [0.5, 0.6) is 0 Å². The highest BCUT2D eigenvalue weighted by atomic mass is 35.5. The molecule has 4 nitrogen and oxygen atoms in total. The molecule has 0 amide bonds. The number of nitriles is 1. The van der Waals surface area contributed by atoms with Crippen LogP contribution in [0, 0.1) is 11.3 Å². The van der Waals surface area contributed by atoms with Gasteiger partial charge < -0.3 is 0 Å². The number of rotatable bonds is 6. The first-order chi connectivity index (χ1) is 11.0. The highest BCUT2D eigenvalue weighted by Crippen LogP contribution is 2.23. The summed E-state index contributed by atoms with van der Waals surface area (Å²) in [7, 11) is -3.68. The molecule has 1 N–H and O–H groups in total. The number of halogens is 1. The first kappa shape index (κ1) is 17.3. The first-order valence-corrected chi connectivity index (χ1v) is 9.14. The van der Waals surface area contributed by atoms with Crippen LogP contribution in [0.3, 0.4) is 0 Å². The van der Waals surface area contributed by atoms with Crippen LogP contribution < -0.4 is 4.72 Å². The monoisotopic (exact) mass is 348 g/mol. The Morgan fingerprint density at radius 1 is 1.17 bits per heavy atom. The van der Waals surface area contributed by atoms with Crippen LogP contribution in [0.15, 0.2) is 47.4 Å². The molecule has 120 valence electrons. The summed E-state index contributed by atoms with van der Waals surface area (Å²) in [5, 5.41) is 9.05. The summed E-state index contributed by atoms with van der Waals surface area (Å²) < 4.78 is 27.2. The van der Waals surface area contributed by atoms with E-state index in [2.05, 4.69) is 11.6 Å². The molecule has 0 atom stereocenters. The molecule has 0 bridgehead atoms. The Morgan fingerprint density at radius 3 is 2.43 bits per heavy atom. The summed E-state index contributed by atoms with van der Waals surface area (Å²) in [5.74, 6) is 0. The van der Waals surface area contributed by atoms with Crippen molar-refractivity contribution in [3.8, 4) is 6.07 Å². The van der Waals surface area contributed by atoms with Crippen LogP contribution in [0.4, 0.5) is 5.69 Å². The summed E-state index contributed by atoms with van der Waals surface area (Å²) in [5.41, 5.74) is 1.74. The number of unbranched alkanes of at least 4 members (excludes halogenated alkanes) is 1. The minimum Gasteiger partial charge on any atom is -0.280 e. The summed E-state index contributed by atoms with van der Waals surface area (Å²) in [6, 6.07) is 13.2. The minimum absolute atomic E-state index is 0.193. The molecule has 2 aromatic rings. The van der Waals surface area contributed by atoms with Crippen molar-refractivity contribution in [2.45, 2.75) is 31.1 Å². The molecule has 0 heterocycles. The highest BCUT2D eigenvalue weighted by Gasteiger charge is 2.14. The number of benzene rings is 2. The van der Waals surface area contributed by atoms with Gasteiger partial charge in [0.05, 0.1) is 21.2 Å². The third-order valence-corrected chi connectivity index (χ3v) is 5.10. The topological polar surface area (TPSA) is 70.0 Å². The average Bonchev–Trinajstić information content (AvgIpc) is 2.53. The Kier molecular flexibility index (Phi) is 5.64. The number of aryl methyl sites for hydroxylation is 1. The number of sulfonamides is 1. The molecule has 0 radical (unpaired) electrons. The molecule has 0 fully saturated rings. The fourth-order valence-corrected chi connectivity index (χ4v) is 3.37. The van der Waals surface area contributed by atoms with Gasteiger partial charge >= 0.3 is 0 Å². The van der Waals surface area contributed by atoms with Crippen molar-refractivity contribution in [3.05, 3.63) is 58.6 Å². The summed E-state index contributed by atoms with van der Waals surface area (Å²) >= 11 is 5.92. The normalized spacial score (nSPS) is 11.0. The van der Waals surface area contributed by atoms with Gasteiger partial charge in [-0.25, -0.2) is 8.42 Å². The lowest BCUT2D eigenvalue weighted by Gasteiger charge is -2.09. The number of nitrogens with zero attached hydrogens (tertiary/aromatic N) is 1. The van der Waals surface area contributed by atoms with Gasteiger partial charge in [-0.05, 0) is 48.7 Å². The molecule has 0 aliphatic carbocycles. The Morgan fingerprint density at radius 2 is 1.87 bits per heavy atom. The van der Waals surface area contributed by atoms with E-state index in [4.69, 9.17) is 16.9 Å². The zero-order chi connectivity index (χ0) is 16.9. The molecular weight excluding hydrogens is 332 g/mol. The van der Waals surface area contributed by atoms with E-state index in [1.807, 2.05) is 18.2 Å². The van der Waals surface area contributed by atoms with Crippen LogP contribution in [0.1, 0.15) is 30.9 Å². The average molecular weight is 349 g/mol. The van der Waals surface area contributed by atoms with Gasteiger partial charge in [-0.1, -0.05) is 37.1 Å². The van der Waals surface area contributed by atoms with Crippen LogP contribution in [-0.4, -0.2) is 8.42 Å². The van der Waals surface area contributed by atoms with Crippen molar-refractivity contribution in [2.24, 2.45) is 0 Å². The molecule has 23 heavy (non-hydrogen) atoms. The van der Waals surface area contributed by atoms with Gasteiger partial charge in [-0.3, -0.25) is 4.72 Å². The van der Waals surface area contributed by atoms with E-state index in [9.17, 15) is 8.42 Å². The standard InChI is InChI=1S/C17H17ClN2O2S/c1-2-3-4-13-5-9-16(10-6-13)23(21,22)20-15-8-7-14(12-19)17(18)11-15/h5-11,20H,2-4H2,1H3. The Bertz CT molecular complexity index is 825. The number of anilines is 1. The van der Waals surface area contributed by atoms with Gasteiger partial charge in [-0.2, -0.15) is 5.26 Å². The SMILES string of the molecule is CCCCc1ccc(S(=O)(=O)Nc2ccc(C#N)c(Cl)c2)cc1. The molecule has 6 heteroatoms. The molecule has 0 saturated heterocycles. The van der Waals surface area contributed by atoms with Gasteiger partial charge in [0.2, 0.25) is 0 Å². The van der Waals surface area contributed by atoms with Gasteiger partial charge in [0, 0.05) is 0 Å². The van der Waals surface area contributed by atoms with Crippen LogP contribution in [-0.2, 0) is 16.4 Å². The van der Waals surface area contributed by atoms with Crippen molar-refractivity contribution in [1.29, 1.82) is 5.26 Å². The van der Waals surface area contributed by atoms with E-state index in [-0.39, 0.29) is 9.92 Å². The number of hydrogen-bond acceptors (Lipinski definition) is 3. The smallest absolute Gasteiger partial charge is 0.261 e. The lowest BCUT2D eigenvalue weighted by molar-refractivity contribution is 0.601. The fraction of sp³-hybridized carbons (Fsp3) is 0.235. The predicted molar refractivity (Wildman–Crippen MR) is 92.0 cm³/mol. The Balaban J connectivity index is 2.18. The third-order valence-electron chi connectivity index (χ3n) is 3.39. The van der Waals surface area contributed by atoms with Crippen molar-refractivity contribution >= 4 is 27.3 Å². The van der Waals surface area contributed by atoms with Crippen molar-refractivity contribution in [2.75, 3.05) is 4.72 Å². The molecule has 0 saturated carbocycles. The second-order valence-corrected chi connectivity index (χ2v) is 7.25. The minimum atomic E-state index is -3.68. The summed E-state index contributed by atoms with van der Waals surface area (Å²) in [6.45, 7) is 2.12. The fourth-order valence-electron chi connectivity index (χ4n) is 2.10. The molecule has 2 aromatic carbocycles. The van der Waals surface area contributed by atoms with E-state index in [1.54, 1.807) is 12.1 Å².